The number of aromatic nitrogens is 2. The summed E-state index contributed by atoms with van der Waals surface area (Å²) in [6.07, 6.45) is 3.31. The summed E-state index contributed by atoms with van der Waals surface area (Å²) < 4.78 is 2.02. The summed E-state index contributed by atoms with van der Waals surface area (Å²) >= 11 is 0. The molecule has 0 atom stereocenters. The van der Waals surface area contributed by atoms with Gasteiger partial charge in [0.1, 0.15) is 0 Å². The third-order valence-corrected chi connectivity index (χ3v) is 2.98. The summed E-state index contributed by atoms with van der Waals surface area (Å²) in [5, 5.41) is 7.98. The van der Waals surface area contributed by atoms with E-state index in [9.17, 15) is 0 Å². The molecule has 1 aromatic carbocycles. The third-order valence-electron chi connectivity index (χ3n) is 2.98. The van der Waals surface area contributed by atoms with E-state index in [0.29, 0.717) is 0 Å². The topological polar surface area (TPSA) is 29.9 Å². The number of benzene rings is 1. The van der Waals surface area contributed by atoms with Crippen LogP contribution >= 0.6 is 0 Å². The first kappa shape index (κ1) is 12.8. The SMILES string of the molecule is CCCNCc1cn(Cc2ccccc2)nc1C. The molecule has 96 valence electrons. The zero-order valence-electron chi connectivity index (χ0n) is 11.2. The lowest BCUT2D eigenvalue weighted by Gasteiger charge is -2.01. The van der Waals surface area contributed by atoms with Crippen molar-refractivity contribution in [3.8, 4) is 0 Å². The number of rotatable bonds is 6. The first-order valence-electron chi connectivity index (χ1n) is 6.57. The number of aryl methyl sites for hydroxylation is 1. The molecule has 0 aliphatic heterocycles. The van der Waals surface area contributed by atoms with E-state index in [4.69, 9.17) is 0 Å². The average molecular weight is 243 g/mol. The molecular formula is C15H21N3. The first-order valence-corrected chi connectivity index (χ1v) is 6.57. The van der Waals surface area contributed by atoms with Crippen LogP contribution in [0.5, 0.6) is 0 Å². The molecule has 1 aromatic heterocycles. The van der Waals surface area contributed by atoms with Gasteiger partial charge < -0.3 is 5.32 Å². The van der Waals surface area contributed by atoms with E-state index < -0.39 is 0 Å². The number of hydrogen-bond donors (Lipinski definition) is 1. The van der Waals surface area contributed by atoms with Gasteiger partial charge in [-0.2, -0.15) is 5.10 Å². The van der Waals surface area contributed by atoms with Gasteiger partial charge in [0.15, 0.2) is 0 Å². The molecule has 0 spiro atoms. The molecule has 2 rings (SSSR count). The number of nitrogens with one attached hydrogen (secondary N) is 1. The lowest BCUT2D eigenvalue weighted by atomic mass is 10.2. The number of nitrogens with zero attached hydrogens (tertiary/aromatic N) is 2. The molecule has 2 aromatic rings. The molecule has 3 heteroatoms. The molecule has 0 aliphatic carbocycles. The Morgan fingerprint density at radius 1 is 1.22 bits per heavy atom. The lowest BCUT2D eigenvalue weighted by Crippen LogP contribution is -2.13. The van der Waals surface area contributed by atoms with Crippen molar-refractivity contribution in [3.63, 3.8) is 0 Å². The summed E-state index contributed by atoms with van der Waals surface area (Å²) in [4.78, 5) is 0. The van der Waals surface area contributed by atoms with Crippen LogP contribution in [0, 0.1) is 6.92 Å². The normalized spacial score (nSPS) is 10.8. The summed E-state index contributed by atoms with van der Waals surface area (Å²) in [5.41, 5.74) is 3.70. The van der Waals surface area contributed by atoms with Gasteiger partial charge >= 0.3 is 0 Å². The zero-order chi connectivity index (χ0) is 12.8. The van der Waals surface area contributed by atoms with Crippen LogP contribution in [-0.4, -0.2) is 16.3 Å². The third kappa shape index (κ3) is 3.44. The summed E-state index contributed by atoms with van der Waals surface area (Å²) in [6.45, 7) is 7.07. The van der Waals surface area contributed by atoms with Crippen molar-refractivity contribution in [2.24, 2.45) is 0 Å². The fraction of sp³-hybridized carbons (Fsp3) is 0.400. The fourth-order valence-electron chi connectivity index (χ4n) is 1.98. The second-order valence-corrected chi connectivity index (χ2v) is 4.60. The quantitative estimate of drug-likeness (QED) is 0.791. The maximum Gasteiger partial charge on any atom is 0.0659 e. The van der Waals surface area contributed by atoms with Crippen molar-refractivity contribution < 1.29 is 0 Å². The Hall–Kier alpha value is -1.61. The van der Waals surface area contributed by atoms with E-state index >= 15 is 0 Å². The number of hydrogen-bond acceptors (Lipinski definition) is 2. The lowest BCUT2D eigenvalue weighted by molar-refractivity contribution is 0.668. The zero-order valence-corrected chi connectivity index (χ0v) is 11.2. The molecule has 1 N–H and O–H groups in total. The van der Waals surface area contributed by atoms with Crippen molar-refractivity contribution in [1.82, 2.24) is 15.1 Å². The van der Waals surface area contributed by atoms with Gasteiger partial charge in [-0.25, -0.2) is 0 Å². The summed E-state index contributed by atoms with van der Waals surface area (Å²) in [7, 11) is 0. The maximum atomic E-state index is 4.56. The van der Waals surface area contributed by atoms with Crippen LogP contribution in [0.1, 0.15) is 30.2 Å². The molecule has 3 nitrogen and oxygen atoms in total. The van der Waals surface area contributed by atoms with Crippen LogP contribution in [0.25, 0.3) is 0 Å². The van der Waals surface area contributed by atoms with E-state index in [2.05, 4.69) is 54.7 Å². The monoisotopic (exact) mass is 243 g/mol. The van der Waals surface area contributed by atoms with Gasteiger partial charge in [0.2, 0.25) is 0 Å². The van der Waals surface area contributed by atoms with E-state index in [-0.39, 0.29) is 0 Å². The van der Waals surface area contributed by atoms with Gasteiger partial charge in [-0.15, -0.1) is 0 Å². The minimum absolute atomic E-state index is 0.843. The largest absolute Gasteiger partial charge is 0.313 e. The highest BCUT2D eigenvalue weighted by Gasteiger charge is 2.04. The van der Waals surface area contributed by atoms with Gasteiger partial charge in [-0.05, 0) is 25.5 Å². The van der Waals surface area contributed by atoms with E-state index in [1.54, 1.807) is 0 Å². The Kier molecular flexibility index (Phi) is 4.53. The van der Waals surface area contributed by atoms with Crippen molar-refractivity contribution in [2.45, 2.75) is 33.4 Å². The summed E-state index contributed by atoms with van der Waals surface area (Å²) in [5.74, 6) is 0. The Balaban J connectivity index is 2.00. The predicted octanol–water partition coefficient (Wildman–Crippen LogP) is 2.74. The second-order valence-electron chi connectivity index (χ2n) is 4.60. The molecule has 0 saturated heterocycles. The molecule has 0 aliphatic rings. The first-order chi connectivity index (χ1) is 8.79. The minimum Gasteiger partial charge on any atom is -0.313 e. The van der Waals surface area contributed by atoms with Gasteiger partial charge in [0, 0.05) is 18.3 Å². The standard InChI is InChI=1S/C15H21N3/c1-3-9-16-10-15-12-18(17-13(15)2)11-14-7-5-4-6-8-14/h4-8,12,16H,3,9-11H2,1-2H3. The highest BCUT2D eigenvalue weighted by molar-refractivity contribution is 5.18. The Labute approximate surface area is 109 Å². The summed E-state index contributed by atoms with van der Waals surface area (Å²) in [6, 6.07) is 10.4. The molecule has 0 bridgehead atoms. The smallest absolute Gasteiger partial charge is 0.0659 e. The van der Waals surface area contributed by atoms with Crippen molar-refractivity contribution >= 4 is 0 Å². The molecule has 0 amide bonds. The highest BCUT2D eigenvalue weighted by Crippen LogP contribution is 2.08. The van der Waals surface area contributed by atoms with Gasteiger partial charge in [0.05, 0.1) is 12.2 Å². The van der Waals surface area contributed by atoms with E-state index in [0.717, 1.165) is 31.7 Å². The van der Waals surface area contributed by atoms with Crippen LogP contribution in [0.2, 0.25) is 0 Å². The fourth-order valence-corrected chi connectivity index (χ4v) is 1.98. The van der Waals surface area contributed by atoms with Crippen molar-refractivity contribution in [1.29, 1.82) is 0 Å². The second kappa shape index (κ2) is 6.36. The molecule has 0 radical (unpaired) electrons. The van der Waals surface area contributed by atoms with Crippen LogP contribution in [-0.2, 0) is 13.1 Å². The Morgan fingerprint density at radius 3 is 2.72 bits per heavy atom. The molecular weight excluding hydrogens is 222 g/mol. The molecule has 0 fully saturated rings. The Morgan fingerprint density at radius 2 is 2.00 bits per heavy atom. The maximum absolute atomic E-state index is 4.56. The van der Waals surface area contributed by atoms with Crippen molar-refractivity contribution in [2.75, 3.05) is 6.54 Å². The van der Waals surface area contributed by atoms with Crippen LogP contribution < -0.4 is 5.32 Å². The van der Waals surface area contributed by atoms with Crippen molar-refractivity contribution in [3.05, 3.63) is 53.3 Å². The molecule has 0 saturated carbocycles. The minimum atomic E-state index is 0.843. The van der Waals surface area contributed by atoms with Gasteiger partial charge in [0.25, 0.3) is 0 Å². The molecule has 18 heavy (non-hydrogen) atoms. The van der Waals surface area contributed by atoms with Crippen LogP contribution in [0.4, 0.5) is 0 Å². The van der Waals surface area contributed by atoms with Crippen LogP contribution in [0.3, 0.4) is 0 Å². The van der Waals surface area contributed by atoms with Gasteiger partial charge in [-0.1, -0.05) is 37.3 Å². The highest BCUT2D eigenvalue weighted by atomic mass is 15.3. The van der Waals surface area contributed by atoms with E-state index in [1.165, 1.54) is 11.1 Å². The van der Waals surface area contributed by atoms with E-state index in [1.807, 2.05) is 10.7 Å². The Bertz CT molecular complexity index is 474. The molecule has 1 heterocycles. The predicted molar refractivity (Wildman–Crippen MR) is 74.5 cm³/mol. The average Bonchev–Trinajstić information content (AvgIpc) is 2.71. The van der Waals surface area contributed by atoms with Crippen LogP contribution in [0.15, 0.2) is 36.5 Å². The van der Waals surface area contributed by atoms with Gasteiger partial charge in [-0.3, -0.25) is 4.68 Å². The molecule has 0 unspecified atom stereocenters.